The van der Waals surface area contributed by atoms with E-state index in [1.807, 2.05) is 18.2 Å². The third-order valence-electron chi connectivity index (χ3n) is 4.01. The van der Waals surface area contributed by atoms with E-state index < -0.39 is 0 Å². The highest BCUT2D eigenvalue weighted by molar-refractivity contribution is 5.36. The number of rotatable bonds is 5. The maximum absolute atomic E-state index is 5.98. The zero-order valence-electron chi connectivity index (χ0n) is 11.7. The summed E-state index contributed by atoms with van der Waals surface area (Å²) < 4.78 is 11.6. The molecule has 0 aliphatic carbocycles. The summed E-state index contributed by atoms with van der Waals surface area (Å²) in [5.74, 6) is 0.944. The van der Waals surface area contributed by atoms with E-state index in [0.29, 0.717) is 19.2 Å². The summed E-state index contributed by atoms with van der Waals surface area (Å²) in [5, 5.41) is 0. The molecule has 0 bridgehead atoms. The fourth-order valence-corrected chi connectivity index (χ4v) is 2.84. The van der Waals surface area contributed by atoms with Crippen molar-refractivity contribution in [3.63, 3.8) is 0 Å². The lowest BCUT2D eigenvalue weighted by Crippen LogP contribution is -2.35. The highest BCUT2D eigenvalue weighted by Gasteiger charge is 2.26. The number of hydrazine groups is 1. The minimum absolute atomic E-state index is 0.245. The van der Waals surface area contributed by atoms with E-state index in [2.05, 4.69) is 16.9 Å². The molecule has 2 aliphatic heterocycles. The van der Waals surface area contributed by atoms with Crippen molar-refractivity contribution >= 4 is 0 Å². The summed E-state index contributed by atoms with van der Waals surface area (Å²) in [6.07, 6.45) is 3.47. The van der Waals surface area contributed by atoms with E-state index in [4.69, 9.17) is 15.2 Å². The highest BCUT2D eigenvalue weighted by atomic mass is 16.5. The second kappa shape index (κ2) is 6.54. The Balaban J connectivity index is 1.65. The van der Waals surface area contributed by atoms with E-state index in [1.54, 1.807) is 0 Å². The normalized spacial score (nSPS) is 29.8. The van der Waals surface area contributed by atoms with E-state index in [-0.39, 0.29) is 12.1 Å². The molecule has 20 heavy (non-hydrogen) atoms. The van der Waals surface area contributed by atoms with Gasteiger partial charge in [-0.15, -0.1) is 0 Å². The van der Waals surface area contributed by atoms with Gasteiger partial charge in [0, 0.05) is 24.8 Å². The highest BCUT2D eigenvalue weighted by Crippen LogP contribution is 2.30. The molecule has 5 nitrogen and oxygen atoms in total. The first-order valence-electron chi connectivity index (χ1n) is 7.41. The summed E-state index contributed by atoms with van der Waals surface area (Å²) >= 11 is 0. The van der Waals surface area contributed by atoms with E-state index >= 15 is 0 Å². The average Bonchev–Trinajstić information content (AvgIpc) is 3.16. The summed E-state index contributed by atoms with van der Waals surface area (Å²) in [6.45, 7) is 2.14. The Hall–Kier alpha value is -1.14. The van der Waals surface area contributed by atoms with Gasteiger partial charge in [0.05, 0.1) is 12.1 Å². The zero-order valence-corrected chi connectivity index (χ0v) is 11.7. The summed E-state index contributed by atoms with van der Waals surface area (Å²) in [7, 11) is 0. The molecule has 3 unspecified atom stereocenters. The van der Waals surface area contributed by atoms with Gasteiger partial charge in [0.2, 0.25) is 0 Å². The van der Waals surface area contributed by atoms with Crippen LogP contribution in [0.25, 0.3) is 0 Å². The molecule has 0 aromatic heterocycles. The van der Waals surface area contributed by atoms with Crippen LogP contribution in [0.15, 0.2) is 24.3 Å². The van der Waals surface area contributed by atoms with Crippen molar-refractivity contribution in [1.29, 1.82) is 0 Å². The number of para-hydroxylation sites is 1. The van der Waals surface area contributed by atoms with E-state index in [9.17, 15) is 0 Å². The quantitative estimate of drug-likeness (QED) is 0.752. The predicted molar refractivity (Wildman–Crippen MR) is 77.4 cm³/mol. The molecule has 3 rings (SSSR count). The lowest BCUT2D eigenvalue weighted by Gasteiger charge is -2.17. The number of hydrogen-bond acceptors (Lipinski definition) is 5. The molecular formula is C15H23N3O2. The molecule has 0 saturated carbocycles. The van der Waals surface area contributed by atoms with Crippen molar-refractivity contribution in [2.24, 2.45) is 5.73 Å². The molecule has 5 heteroatoms. The van der Waals surface area contributed by atoms with Crippen LogP contribution in [0.1, 0.15) is 30.9 Å². The van der Waals surface area contributed by atoms with Gasteiger partial charge in [0.15, 0.2) is 0 Å². The molecule has 3 atom stereocenters. The van der Waals surface area contributed by atoms with Gasteiger partial charge in [0.1, 0.15) is 12.4 Å². The second-order valence-corrected chi connectivity index (χ2v) is 5.49. The predicted octanol–water partition coefficient (Wildman–Crippen LogP) is 1.11. The van der Waals surface area contributed by atoms with Gasteiger partial charge in [-0.1, -0.05) is 18.2 Å². The van der Waals surface area contributed by atoms with Crippen LogP contribution in [0, 0.1) is 0 Å². The number of nitrogens with one attached hydrogen (secondary N) is 2. The fourth-order valence-electron chi connectivity index (χ4n) is 2.84. The first kappa shape index (κ1) is 13.8. The average molecular weight is 277 g/mol. The van der Waals surface area contributed by atoms with Crippen LogP contribution in [-0.4, -0.2) is 31.9 Å². The maximum Gasteiger partial charge on any atom is 0.124 e. The zero-order chi connectivity index (χ0) is 13.8. The van der Waals surface area contributed by atoms with Crippen molar-refractivity contribution in [2.45, 2.75) is 37.5 Å². The lowest BCUT2D eigenvalue weighted by molar-refractivity contribution is 0.0674. The summed E-state index contributed by atoms with van der Waals surface area (Å²) in [6, 6.07) is 8.78. The first-order chi connectivity index (χ1) is 9.86. The van der Waals surface area contributed by atoms with Crippen LogP contribution in [0.3, 0.4) is 0 Å². The molecule has 0 radical (unpaired) electrons. The van der Waals surface area contributed by atoms with Crippen LogP contribution < -0.4 is 21.3 Å². The molecule has 1 aromatic carbocycles. The van der Waals surface area contributed by atoms with Crippen molar-refractivity contribution in [3.05, 3.63) is 29.8 Å². The van der Waals surface area contributed by atoms with Gasteiger partial charge in [0.25, 0.3) is 0 Å². The van der Waals surface area contributed by atoms with Crippen LogP contribution in [-0.2, 0) is 4.74 Å². The third-order valence-corrected chi connectivity index (χ3v) is 4.01. The van der Waals surface area contributed by atoms with Crippen LogP contribution in [0.4, 0.5) is 0 Å². The Labute approximate surface area is 119 Å². The number of ether oxygens (including phenoxy) is 2. The molecule has 4 N–H and O–H groups in total. The smallest absolute Gasteiger partial charge is 0.124 e. The minimum atomic E-state index is 0.245. The van der Waals surface area contributed by atoms with E-state index in [1.165, 1.54) is 5.56 Å². The van der Waals surface area contributed by atoms with Gasteiger partial charge < -0.3 is 15.2 Å². The monoisotopic (exact) mass is 277 g/mol. The summed E-state index contributed by atoms with van der Waals surface area (Å²) in [4.78, 5) is 0. The van der Waals surface area contributed by atoms with Gasteiger partial charge in [-0.3, -0.25) is 5.43 Å². The Morgan fingerprint density at radius 1 is 1.30 bits per heavy atom. The van der Waals surface area contributed by atoms with Crippen LogP contribution in [0.2, 0.25) is 0 Å². The third kappa shape index (κ3) is 3.12. The molecule has 2 fully saturated rings. The molecular weight excluding hydrogens is 254 g/mol. The molecule has 0 amide bonds. The van der Waals surface area contributed by atoms with Gasteiger partial charge >= 0.3 is 0 Å². The topological polar surface area (TPSA) is 68.5 Å². The van der Waals surface area contributed by atoms with Crippen molar-refractivity contribution < 1.29 is 9.47 Å². The van der Waals surface area contributed by atoms with Crippen molar-refractivity contribution in [3.8, 4) is 5.75 Å². The van der Waals surface area contributed by atoms with Crippen molar-refractivity contribution in [1.82, 2.24) is 10.9 Å². The molecule has 1 aromatic rings. The maximum atomic E-state index is 5.98. The first-order valence-corrected chi connectivity index (χ1v) is 7.41. The largest absolute Gasteiger partial charge is 0.491 e. The molecule has 2 saturated heterocycles. The summed E-state index contributed by atoms with van der Waals surface area (Å²) in [5.41, 5.74) is 13.4. The Bertz CT molecular complexity index is 435. The van der Waals surface area contributed by atoms with Crippen molar-refractivity contribution in [2.75, 3.05) is 19.8 Å². The Morgan fingerprint density at radius 2 is 2.20 bits per heavy atom. The molecule has 0 spiro atoms. The van der Waals surface area contributed by atoms with Gasteiger partial charge in [-0.2, -0.15) is 0 Å². The van der Waals surface area contributed by atoms with Crippen LogP contribution >= 0.6 is 0 Å². The SMILES string of the molecule is NCC1CC(c2ccccc2OCC2CCCO2)NN1. The lowest BCUT2D eigenvalue weighted by atomic mass is 10.0. The second-order valence-electron chi connectivity index (χ2n) is 5.49. The fraction of sp³-hybridized carbons (Fsp3) is 0.600. The number of hydrogen-bond donors (Lipinski definition) is 3. The Kier molecular flexibility index (Phi) is 4.52. The van der Waals surface area contributed by atoms with Gasteiger partial charge in [-0.05, 0) is 25.3 Å². The Morgan fingerprint density at radius 3 is 2.95 bits per heavy atom. The molecule has 110 valence electrons. The standard InChI is InChI=1S/C15H23N3O2/c16-9-11-8-14(18-17-11)13-5-1-2-6-15(13)20-10-12-4-3-7-19-12/h1-2,5-6,11-12,14,17-18H,3-4,7-10,16H2. The number of nitrogens with two attached hydrogens (primary N) is 1. The van der Waals surface area contributed by atoms with Crippen LogP contribution in [0.5, 0.6) is 5.75 Å². The van der Waals surface area contributed by atoms with E-state index in [0.717, 1.165) is 31.6 Å². The molecule has 2 heterocycles. The minimum Gasteiger partial charge on any atom is -0.491 e. The molecule has 2 aliphatic rings. The van der Waals surface area contributed by atoms with Gasteiger partial charge in [-0.25, -0.2) is 5.43 Å². The number of benzene rings is 1.